The molecule has 0 atom stereocenters. The van der Waals surface area contributed by atoms with Crippen LogP contribution in [-0.4, -0.2) is 5.16 Å². The minimum absolute atomic E-state index is 0.321. The van der Waals surface area contributed by atoms with Crippen LogP contribution >= 0.6 is 23.2 Å². The third-order valence-corrected chi connectivity index (χ3v) is 5.00. The zero-order valence-corrected chi connectivity index (χ0v) is 15.3. The van der Waals surface area contributed by atoms with Crippen molar-refractivity contribution in [1.82, 2.24) is 5.16 Å². The number of hydrogen-bond donors (Lipinski definition) is 0. The van der Waals surface area contributed by atoms with Crippen molar-refractivity contribution in [2.24, 2.45) is 0 Å². The van der Waals surface area contributed by atoms with Gasteiger partial charge in [0.05, 0.1) is 15.6 Å². The topological polar surface area (TPSA) is 35.3 Å². The molecule has 0 unspecified atom stereocenters. The number of hydrogen-bond acceptors (Lipinski definition) is 3. The average Bonchev–Trinajstić information content (AvgIpc) is 3.41. The van der Waals surface area contributed by atoms with E-state index >= 15 is 0 Å². The Hall–Kier alpha value is -2.41. The van der Waals surface area contributed by atoms with Crippen LogP contribution in [-0.2, 0) is 6.61 Å². The van der Waals surface area contributed by atoms with Crippen molar-refractivity contribution in [3.05, 3.63) is 69.4 Å². The summed E-state index contributed by atoms with van der Waals surface area (Å²) in [5.74, 6) is 4.56. The molecule has 1 saturated carbocycles. The van der Waals surface area contributed by atoms with Crippen LogP contribution in [0.5, 0.6) is 5.75 Å². The molecule has 0 N–H and O–H groups in total. The number of rotatable bonds is 5. The SMILES string of the molecule is C#Cc1ccc(OCc2c(-c3c(Cl)cccc3Cl)noc2C2CC2)cc1. The molecule has 0 bridgehead atoms. The van der Waals surface area contributed by atoms with Gasteiger partial charge in [0.2, 0.25) is 0 Å². The van der Waals surface area contributed by atoms with Gasteiger partial charge in [0.25, 0.3) is 0 Å². The second-order valence-electron chi connectivity index (χ2n) is 6.20. The van der Waals surface area contributed by atoms with Gasteiger partial charge in [0.1, 0.15) is 23.8 Å². The molecule has 1 aromatic heterocycles. The zero-order valence-electron chi connectivity index (χ0n) is 13.8. The van der Waals surface area contributed by atoms with E-state index in [0.717, 1.165) is 35.5 Å². The highest BCUT2D eigenvalue weighted by molar-refractivity contribution is 6.39. The number of terminal acetylenes is 1. The first-order valence-electron chi connectivity index (χ1n) is 8.29. The maximum Gasteiger partial charge on any atom is 0.147 e. The third-order valence-electron chi connectivity index (χ3n) is 4.37. The molecule has 0 radical (unpaired) electrons. The lowest BCUT2D eigenvalue weighted by Crippen LogP contribution is -2.00. The van der Waals surface area contributed by atoms with Gasteiger partial charge in [-0.15, -0.1) is 6.42 Å². The van der Waals surface area contributed by atoms with Crippen LogP contribution in [0, 0.1) is 12.3 Å². The van der Waals surface area contributed by atoms with E-state index in [-0.39, 0.29) is 0 Å². The number of nitrogens with zero attached hydrogens (tertiary/aromatic N) is 1. The van der Waals surface area contributed by atoms with Crippen LogP contribution in [0.3, 0.4) is 0 Å². The molecule has 26 heavy (non-hydrogen) atoms. The molecule has 3 nitrogen and oxygen atoms in total. The Labute approximate surface area is 161 Å². The van der Waals surface area contributed by atoms with Gasteiger partial charge in [-0.25, -0.2) is 0 Å². The first-order valence-corrected chi connectivity index (χ1v) is 9.05. The molecule has 1 fully saturated rings. The number of ether oxygens (including phenoxy) is 1. The van der Waals surface area contributed by atoms with Crippen LogP contribution < -0.4 is 4.74 Å². The fraction of sp³-hybridized carbons (Fsp3) is 0.190. The summed E-state index contributed by atoms with van der Waals surface area (Å²) in [5, 5.41) is 5.33. The Morgan fingerprint density at radius 1 is 1.12 bits per heavy atom. The minimum atomic E-state index is 0.321. The smallest absolute Gasteiger partial charge is 0.147 e. The van der Waals surface area contributed by atoms with E-state index in [4.69, 9.17) is 38.9 Å². The first-order chi connectivity index (χ1) is 12.7. The summed E-state index contributed by atoms with van der Waals surface area (Å²) in [6.45, 7) is 0.321. The summed E-state index contributed by atoms with van der Waals surface area (Å²) in [5.41, 5.74) is 3.02. The highest BCUT2D eigenvalue weighted by atomic mass is 35.5. The zero-order chi connectivity index (χ0) is 18.1. The third kappa shape index (κ3) is 3.31. The van der Waals surface area contributed by atoms with Gasteiger partial charge in [0.15, 0.2) is 0 Å². The molecule has 0 aliphatic heterocycles. The fourth-order valence-corrected chi connectivity index (χ4v) is 3.43. The van der Waals surface area contributed by atoms with Crippen molar-refractivity contribution in [3.8, 4) is 29.4 Å². The van der Waals surface area contributed by atoms with Gasteiger partial charge in [-0.05, 0) is 49.2 Å². The molecule has 0 saturated heterocycles. The second-order valence-corrected chi connectivity index (χ2v) is 7.02. The molecule has 4 rings (SSSR count). The summed E-state index contributed by atoms with van der Waals surface area (Å²) < 4.78 is 11.6. The van der Waals surface area contributed by atoms with Gasteiger partial charge in [-0.2, -0.15) is 0 Å². The van der Waals surface area contributed by atoms with Crippen molar-refractivity contribution in [1.29, 1.82) is 0 Å². The molecule has 1 aliphatic rings. The number of aromatic nitrogens is 1. The van der Waals surface area contributed by atoms with Crippen LogP contribution in [0.2, 0.25) is 10.0 Å². The lowest BCUT2D eigenvalue weighted by Gasteiger charge is -2.09. The van der Waals surface area contributed by atoms with E-state index in [2.05, 4.69) is 11.1 Å². The monoisotopic (exact) mass is 383 g/mol. The summed E-state index contributed by atoms with van der Waals surface area (Å²) in [6.07, 6.45) is 7.57. The largest absolute Gasteiger partial charge is 0.489 e. The molecule has 0 spiro atoms. The van der Waals surface area contributed by atoms with Crippen LogP contribution in [0.25, 0.3) is 11.3 Å². The highest BCUT2D eigenvalue weighted by Crippen LogP contribution is 2.46. The molecule has 1 aliphatic carbocycles. The van der Waals surface area contributed by atoms with Crippen molar-refractivity contribution in [2.45, 2.75) is 25.4 Å². The van der Waals surface area contributed by atoms with Gasteiger partial charge < -0.3 is 9.26 Å². The highest BCUT2D eigenvalue weighted by Gasteiger charge is 2.33. The van der Waals surface area contributed by atoms with Crippen LogP contribution in [0.1, 0.15) is 35.6 Å². The predicted molar refractivity (Wildman–Crippen MR) is 103 cm³/mol. The Morgan fingerprint density at radius 2 is 1.81 bits per heavy atom. The Bertz CT molecular complexity index is 962. The van der Waals surface area contributed by atoms with Gasteiger partial charge in [-0.1, -0.05) is 40.3 Å². The maximum absolute atomic E-state index is 6.37. The maximum atomic E-state index is 6.37. The predicted octanol–water partition coefficient (Wildman–Crippen LogP) is 6.09. The number of benzene rings is 2. The van der Waals surface area contributed by atoms with E-state index in [9.17, 15) is 0 Å². The molecule has 130 valence electrons. The van der Waals surface area contributed by atoms with E-state index < -0.39 is 0 Å². The Kier molecular flexibility index (Phi) is 4.63. The normalized spacial score (nSPS) is 13.4. The molecule has 3 aromatic rings. The van der Waals surface area contributed by atoms with Crippen LogP contribution in [0.4, 0.5) is 0 Å². The van der Waals surface area contributed by atoms with E-state index in [1.165, 1.54) is 0 Å². The summed E-state index contributed by atoms with van der Waals surface area (Å²) in [6, 6.07) is 12.8. The first kappa shape index (κ1) is 17.0. The average molecular weight is 384 g/mol. The van der Waals surface area contributed by atoms with E-state index in [1.807, 2.05) is 24.3 Å². The van der Waals surface area contributed by atoms with Crippen molar-refractivity contribution in [2.75, 3.05) is 0 Å². The minimum Gasteiger partial charge on any atom is -0.489 e. The summed E-state index contributed by atoms with van der Waals surface area (Å²) >= 11 is 12.7. The molecule has 0 amide bonds. The van der Waals surface area contributed by atoms with Gasteiger partial charge in [-0.3, -0.25) is 0 Å². The Morgan fingerprint density at radius 3 is 2.42 bits per heavy atom. The Balaban J connectivity index is 1.68. The second kappa shape index (κ2) is 7.07. The molecule has 2 aromatic carbocycles. The summed E-state index contributed by atoms with van der Waals surface area (Å²) in [7, 11) is 0. The quantitative estimate of drug-likeness (QED) is 0.500. The van der Waals surface area contributed by atoms with Crippen LogP contribution in [0.15, 0.2) is 47.0 Å². The van der Waals surface area contributed by atoms with Crippen molar-refractivity contribution in [3.63, 3.8) is 0 Å². The molecule has 1 heterocycles. The standard InChI is InChI=1S/C21H15Cl2NO2/c1-2-13-6-10-15(11-7-13)25-12-16-20(24-26-21(16)14-8-9-14)19-17(22)4-3-5-18(19)23/h1,3-7,10-11,14H,8-9,12H2. The molecule has 5 heteroatoms. The van der Waals surface area contributed by atoms with Crippen molar-refractivity contribution >= 4 is 23.2 Å². The van der Waals surface area contributed by atoms with Crippen molar-refractivity contribution < 1.29 is 9.26 Å². The van der Waals surface area contributed by atoms with Gasteiger partial charge in [0, 0.05) is 17.0 Å². The number of halogens is 2. The molecular formula is C21H15Cl2NO2. The van der Waals surface area contributed by atoms with Gasteiger partial charge >= 0.3 is 0 Å². The molecular weight excluding hydrogens is 369 g/mol. The summed E-state index contributed by atoms with van der Waals surface area (Å²) in [4.78, 5) is 0. The van der Waals surface area contributed by atoms with E-state index in [0.29, 0.717) is 33.8 Å². The lowest BCUT2D eigenvalue weighted by molar-refractivity contribution is 0.300. The van der Waals surface area contributed by atoms with E-state index in [1.54, 1.807) is 18.2 Å². The fourth-order valence-electron chi connectivity index (χ4n) is 2.85. The lowest BCUT2D eigenvalue weighted by atomic mass is 10.0.